The van der Waals surface area contributed by atoms with E-state index in [1.54, 1.807) is 31.4 Å². The molecule has 248 valence electrons. The molecule has 2 aromatic rings. The number of nitrogens with zero attached hydrogens (tertiary/aromatic N) is 3. The predicted octanol–water partition coefficient (Wildman–Crippen LogP) is 5.47. The number of carbonyl (C=O) groups is 4. The molecule has 46 heavy (non-hydrogen) atoms. The Labute approximate surface area is 272 Å². The summed E-state index contributed by atoms with van der Waals surface area (Å²) < 4.78 is 5.39. The average molecular weight is 633 g/mol. The Morgan fingerprint density at radius 1 is 0.826 bits per heavy atom. The van der Waals surface area contributed by atoms with E-state index in [4.69, 9.17) is 4.74 Å². The number of urea groups is 1. The number of Topliss-reactive ketones (excluding diaryl/α,β-unsaturated/α-hetero) is 1. The van der Waals surface area contributed by atoms with Crippen LogP contribution in [0.15, 0.2) is 42.5 Å². The van der Waals surface area contributed by atoms with Gasteiger partial charge in [-0.2, -0.15) is 0 Å². The number of carbonyl (C=O) groups excluding carboxylic acids is 4. The van der Waals surface area contributed by atoms with Crippen molar-refractivity contribution in [3.63, 3.8) is 0 Å². The van der Waals surface area contributed by atoms with Gasteiger partial charge in [0.2, 0.25) is 11.8 Å². The van der Waals surface area contributed by atoms with Gasteiger partial charge in [0, 0.05) is 81.5 Å². The van der Waals surface area contributed by atoms with Crippen LogP contribution in [0.3, 0.4) is 0 Å². The topological polar surface area (TPSA) is 123 Å². The van der Waals surface area contributed by atoms with E-state index in [2.05, 4.69) is 20.9 Å². The molecule has 0 radical (unpaired) electrons. The highest BCUT2D eigenvalue weighted by Crippen LogP contribution is 2.40. The van der Waals surface area contributed by atoms with Gasteiger partial charge in [0.25, 0.3) is 0 Å². The number of anilines is 3. The van der Waals surface area contributed by atoms with Crippen LogP contribution in [0.2, 0.25) is 0 Å². The fourth-order valence-electron chi connectivity index (χ4n) is 6.79. The van der Waals surface area contributed by atoms with Crippen molar-refractivity contribution in [1.29, 1.82) is 0 Å². The van der Waals surface area contributed by atoms with Crippen molar-refractivity contribution in [1.82, 2.24) is 14.7 Å². The van der Waals surface area contributed by atoms with Crippen LogP contribution in [0.25, 0.3) is 0 Å². The summed E-state index contributed by atoms with van der Waals surface area (Å²) in [6.45, 7) is 5.81. The summed E-state index contributed by atoms with van der Waals surface area (Å²) in [4.78, 5) is 58.2. The van der Waals surface area contributed by atoms with E-state index in [-0.39, 0.29) is 36.2 Å². The van der Waals surface area contributed by atoms with Gasteiger partial charge in [-0.05, 0) is 87.8 Å². The van der Waals surface area contributed by atoms with Crippen molar-refractivity contribution < 1.29 is 23.9 Å². The van der Waals surface area contributed by atoms with Gasteiger partial charge in [-0.25, -0.2) is 4.79 Å². The number of likely N-dealkylation sites (tertiary alicyclic amines) is 2. The molecule has 0 aromatic heterocycles. The van der Waals surface area contributed by atoms with Crippen LogP contribution in [0.1, 0.15) is 86.7 Å². The number of hydrogen-bond donors (Lipinski definition) is 3. The number of benzene rings is 2. The van der Waals surface area contributed by atoms with Gasteiger partial charge in [-0.15, -0.1) is 0 Å². The number of piperidine rings is 2. The molecule has 3 N–H and O–H groups in total. The van der Waals surface area contributed by atoms with Crippen molar-refractivity contribution >= 4 is 40.7 Å². The lowest BCUT2D eigenvalue weighted by Gasteiger charge is -2.45. The maximum Gasteiger partial charge on any atom is 0.323 e. The number of amides is 4. The maximum atomic E-state index is 13.7. The summed E-state index contributed by atoms with van der Waals surface area (Å²) in [7, 11) is 1.68. The van der Waals surface area contributed by atoms with Gasteiger partial charge in [-0.1, -0.05) is 12.1 Å². The standard InChI is InChI=1S/C35H48N6O5/c1-25(42)26-11-9-12-27(21-26)36-35(45)37-28-13-14-30-29(22-28)31(23-33(43)39-15-5-3-6-16-39)41(19-10-20-46-2)32(38-30)24-34(44)40-17-7-4-8-18-40/h9,11-14,21-22,31-32,38H,3-8,10,15-20,23-24H2,1-2H3,(H2,36,37,45). The second-order valence-electron chi connectivity index (χ2n) is 12.6. The van der Waals surface area contributed by atoms with Gasteiger partial charge in [-0.3, -0.25) is 19.3 Å². The minimum Gasteiger partial charge on any atom is -0.385 e. The molecule has 0 bridgehead atoms. The SMILES string of the molecule is COCCCN1C(CC(=O)N2CCCCC2)Nc2ccc(NC(=O)Nc3cccc(C(C)=O)c3)cc2C1CC(=O)N1CCCCC1. The monoisotopic (exact) mass is 632 g/mol. The number of ketones is 1. The van der Waals surface area contributed by atoms with Gasteiger partial charge in [0.1, 0.15) is 0 Å². The smallest absolute Gasteiger partial charge is 0.323 e. The Bertz CT molecular complexity index is 1390. The van der Waals surface area contributed by atoms with Crippen LogP contribution in [-0.2, 0) is 14.3 Å². The molecule has 0 spiro atoms. The lowest BCUT2D eigenvalue weighted by molar-refractivity contribution is -0.134. The van der Waals surface area contributed by atoms with Crippen molar-refractivity contribution in [3.05, 3.63) is 53.6 Å². The van der Waals surface area contributed by atoms with E-state index >= 15 is 0 Å². The van der Waals surface area contributed by atoms with Crippen LogP contribution in [0.4, 0.5) is 21.9 Å². The fraction of sp³-hybridized carbons (Fsp3) is 0.543. The first-order valence-corrected chi connectivity index (χ1v) is 16.7. The molecule has 3 aliphatic heterocycles. The third-order valence-corrected chi connectivity index (χ3v) is 9.24. The molecule has 2 fully saturated rings. The highest BCUT2D eigenvalue weighted by Gasteiger charge is 2.38. The van der Waals surface area contributed by atoms with Crippen LogP contribution in [0, 0.1) is 0 Å². The molecule has 2 unspecified atom stereocenters. The fourth-order valence-corrected chi connectivity index (χ4v) is 6.79. The molecule has 3 aliphatic rings. The molecule has 0 aliphatic carbocycles. The van der Waals surface area contributed by atoms with E-state index in [1.807, 2.05) is 28.0 Å². The quantitative estimate of drug-likeness (QED) is 0.222. The van der Waals surface area contributed by atoms with Crippen LogP contribution in [0.5, 0.6) is 0 Å². The summed E-state index contributed by atoms with van der Waals surface area (Å²) in [6, 6.07) is 11.7. The second kappa shape index (κ2) is 16.0. The van der Waals surface area contributed by atoms with Crippen molar-refractivity contribution in [3.8, 4) is 0 Å². The Hall–Kier alpha value is -3.96. The van der Waals surface area contributed by atoms with E-state index in [0.29, 0.717) is 36.5 Å². The zero-order chi connectivity index (χ0) is 32.5. The number of methoxy groups -OCH3 is 1. The number of nitrogens with one attached hydrogen (secondary N) is 3. The first-order chi connectivity index (χ1) is 22.3. The molecule has 2 aromatic carbocycles. The molecule has 5 rings (SSSR count). The third kappa shape index (κ3) is 8.64. The minimum atomic E-state index is -0.438. The second-order valence-corrected chi connectivity index (χ2v) is 12.6. The van der Waals surface area contributed by atoms with Crippen molar-refractivity contribution in [2.75, 3.05) is 62.4 Å². The van der Waals surface area contributed by atoms with Crippen LogP contribution >= 0.6 is 0 Å². The van der Waals surface area contributed by atoms with Gasteiger partial charge in [0.15, 0.2) is 5.78 Å². The number of hydrogen-bond acceptors (Lipinski definition) is 7. The molecule has 3 heterocycles. The Balaban J connectivity index is 1.41. The van der Waals surface area contributed by atoms with Gasteiger partial charge < -0.3 is 30.5 Å². The van der Waals surface area contributed by atoms with Crippen molar-refractivity contribution in [2.24, 2.45) is 0 Å². The maximum absolute atomic E-state index is 13.7. The van der Waals surface area contributed by atoms with E-state index in [0.717, 1.165) is 82.4 Å². The minimum absolute atomic E-state index is 0.0811. The van der Waals surface area contributed by atoms with E-state index < -0.39 is 6.03 Å². The molecule has 2 saturated heterocycles. The highest BCUT2D eigenvalue weighted by atomic mass is 16.5. The number of rotatable bonds is 11. The first kappa shape index (κ1) is 33.4. The lowest BCUT2D eigenvalue weighted by atomic mass is 9.93. The van der Waals surface area contributed by atoms with Gasteiger partial charge in [0.05, 0.1) is 12.6 Å². The molecule has 0 saturated carbocycles. The Morgan fingerprint density at radius 2 is 1.46 bits per heavy atom. The third-order valence-electron chi connectivity index (χ3n) is 9.24. The molecule has 11 nitrogen and oxygen atoms in total. The molecule has 2 atom stereocenters. The largest absolute Gasteiger partial charge is 0.385 e. The number of fused-ring (bicyclic) bond motifs is 1. The Morgan fingerprint density at radius 3 is 2.09 bits per heavy atom. The normalized spacial score (nSPS) is 20.0. The summed E-state index contributed by atoms with van der Waals surface area (Å²) in [5.41, 5.74) is 3.37. The molecule has 4 amide bonds. The Kier molecular flexibility index (Phi) is 11.7. The molecule has 11 heteroatoms. The zero-order valence-electron chi connectivity index (χ0n) is 27.2. The average Bonchev–Trinajstić information content (AvgIpc) is 3.07. The summed E-state index contributed by atoms with van der Waals surface area (Å²) >= 11 is 0. The molecular formula is C35H48N6O5. The van der Waals surface area contributed by atoms with Crippen LogP contribution in [-0.4, -0.2) is 90.9 Å². The van der Waals surface area contributed by atoms with Gasteiger partial charge >= 0.3 is 6.03 Å². The predicted molar refractivity (Wildman–Crippen MR) is 179 cm³/mol. The summed E-state index contributed by atoms with van der Waals surface area (Å²) in [5.74, 6) is 0.154. The number of ether oxygens (including phenoxy) is 1. The summed E-state index contributed by atoms with van der Waals surface area (Å²) in [5, 5.41) is 9.35. The van der Waals surface area contributed by atoms with Crippen molar-refractivity contribution in [2.45, 2.75) is 76.9 Å². The molecular weight excluding hydrogens is 584 g/mol. The zero-order valence-corrected chi connectivity index (χ0v) is 27.2. The van der Waals surface area contributed by atoms with Crippen LogP contribution < -0.4 is 16.0 Å². The summed E-state index contributed by atoms with van der Waals surface area (Å²) in [6.07, 6.45) is 7.43. The first-order valence-electron chi connectivity index (χ1n) is 16.7. The highest BCUT2D eigenvalue weighted by molar-refractivity contribution is 6.01. The van der Waals surface area contributed by atoms with E-state index in [9.17, 15) is 19.2 Å². The van der Waals surface area contributed by atoms with E-state index in [1.165, 1.54) is 6.92 Å². The lowest BCUT2D eigenvalue weighted by Crippen LogP contribution is -2.51.